The van der Waals surface area contributed by atoms with Gasteiger partial charge in [-0.2, -0.15) is 5.10 Å². The predicted octanol–water partition coefficient (Wildman–Crippen LogP) is 4.82. The Hall–Kier alpha value is -3.65. The van der Waals surface area contributed by atoms with Crippen LogP contribution in [0.1, 0.15) is 23.1 Å². The van der Waals surface area contributed by atoms with E-state index in [1.807, 2.05) is 49.4 Å². The molecule has 2 N–H and O–H groups in total. The van der Waals surface area contributed by atoms with Gasteiger partial charge in [0.1, 0.15) is 24.5 Å². The highest BCUT2D eigenvalue weighted by atomic mass is 79.9. The molecule has 0 fully saturated rings. The lowest BCUT2D eigenvalue weighted by molar-refractivity contribution is -0.126. The average Bonchev–Trinajstić information content (AvgIpc) is 2.80. The highest BCUT2D eigenvalue weighted by molar-refractivity contribution is 9.10. The van der Waals surface area contributed by atoms with Crippen molar-refractivity contribution in [3.63, 3.8) is 0 Å². The van der Waals surface area contributed by atoms with Crippen LogP contribution in [0.5, 0.6) is 11.5 Å². The first-order valence-electron chi connectivity index (χ1n) is 10.2. The van der Waals surface area contributed by atoms with Gasteiger partial charge in [-0.1, -0.05) is 42.0 Å². The molecule has 0 aliphatic heterocycles. The van der Waals surface area contributed by atoms with Gasteiger partial charge in [0.15, 0.2) is 0 Å². The Morgan fingerprint density at radius 1 is 1.00 bits per heavy atom. The van der Waals surface area contributed by atoms with Gasteiger partial charge in [-0.05, 0) is 64.3 Å². The first-order chi connectivity index (χ1) is 15.9. The number of hydrogen-bond acceptors (Lipinski definition) is 5. The van der Waals surface area contributed by atoms with Gasteiger partial charge in [-0.15, -0.1) is 0 Å². The van der Waals surface area contributed by atoms with E-state index in [0.717, 1.165) is 15.6 Å². The smallest absolute Gasteiger partial charge is 0.249 e. The van der Waals surface area contributed by atoms with Crippen LogP contribution in [0, 0.1) is 6.92 Å². The fraction of sp³-hybridized carbons (Fsp3) is 0.160. The summed E-state index contributed by atoms with van der Waals surface area (Å²) < 4.78 is 11.8. The molecule has 0 heterocycles. The van der Waals surface area contributed by atoms with Crippen LogP contribution in [0.2, 0.25) is 0 Å². The Kier molecular flexibility index (Phi) is 8.60. The van der Waals surface area contributed by atoms with Gasteiger partial charge < -0.3 is 14.8 Å². The van der Waals surface area contributed by atoms with Crippen LogP contribution in [0.15, 0.2) is 76.3 Å². The number of carbonyl (C=O) groups is 2. The number of anilines is 1. The molecule has 8 heteroatoms. The normalized spacial score (nSPS) is 10.6. The van der Waals surface area contributed by atoms with E-state index >= 15 is 0 Å². The average molecular weight is 510 g/mol. The molecule has 0 radical (unpaired) electrons. The fourth-order valence-electron chi connectivity index (χ4n) is 2.87. The third-order valence-electron chi connectivity index (χ3n) is 4.58. The molecule has 0 atom stereocenters. The van der Waals surface area contributed by atoms with Crippen LogP contribution >= 0.6 is 15.9 Å². The van der Waals surface area contributed by atoms with Crippen molar-refractivity contribution in [1.29, 1.82) is 0 Å². The zero-order valence-corrected chi connectivity index (χ0v) is 19.9. The largest absolute Gasteiger partial charge is 0.495 e. The van der Waals surface area contributed by atoms with E-state index in [2.05, 4.69) is 31.8 Å². The molecule has 0 unspecified atom stereocenters. The van der Waals surface area contributed by atoms with Crippen molar-refractivity contribution in [3.8, 4) is 11.5 Å². The summed E-state index contributed by atoms with van der Waals surface area (Å²) in [5, 5.41) is 6.56. The summed E-state index contributed by atoms with van der Waals surface area (Å²) in [6.07, 6.45) is 1.12. The number of aryl methyl sites for hydroxylation is 1. The Bertz CT molecular complexity index is 1150. The van der Waals surface area contributed by atoms with E-state index < -0.39 is 11.8 Å². The van der Waals surface area contributed by atoms with Gasteiger partial charge in [0, 0.05) is 0 Å². The van der Waals surface area contributed by atoms with E-state index in [4.69, 9.17) is 9.47 Å². The topological polar surface area (TPSA) is 89.0 Å². The number of carbonyl (C=O) groups excluding carboxylic acids is 2. The molecule has 0 saturated carbocycles. The van der Waals surface area contributed by atoms with E-state index in [9.17, 15) is 9.59 Å². The maximum Gasteiger partial charge on any atom is 0.249 e. The number of nitrogens with one attached hydrogen (secondary N) is 2. The summed E-state index contributed by atoms with van der Waals surface area (Å²) in [7, 11) is 1.51. The molecule has 170 valence electrons. The highest BCUT2D eigenvalue weighted by Gasteiger charge is 2.11. The summed E-state index contributed by atoms with van der Waals surface area (Å²) in [5.41, 5.74) is 5.88. The minimum absolute atomic E-state index is 0.370. The minimum atomic E-state index is -0.532. The van der Waals surface area contributed by atoms with Crippen molar-refractivity contribution in [3.05, 3.63) is 87.9 Å². The molecule has 3 rings (SSSR count). The molecule has 33 heavy (non-hydrogen) atoms. The molecule has 0 spiro atoms. The Morgan fingerprint density at radius 2 is 1.76 bits per heavy atom. The molecular formula is C25H24BrN3O4. The van der Waals surface area contributed by atoms with Crippen molar-refractivity contribution in [2.24, 2.45) is 5.10 Å². The molecular weight excluding hydrogens is 486 g/mol. The predicted molar refractivity (Wildman–Crippen MR) is 132 cm³/mol. The molecule has 0 aromatic heterocycles. The summed E-state index contributed by atoms with van der Waals surface area (Å²) >= 11 is 3.49. The Labute approximate surface area is 200 Å². The van der Waals surface area contributed by atoms with Crippen molar-refractivity contribution in [2.75, 3.05) is 12.4 Å². The van der Waals surface area contributed by atoms with Crippen molar-refractivity contribution < 1.29 is 19.1 Å². The molecule has 0 aliphatic carbocycles. The van der Waals surface area contributed by atoms with Gasteiger partial charge in [-0.3, -0.25) is 9.59 Å². The first-order valence-corrected chi connectivity index (χ1v) is 11.0. The Morgan fingerprint density at radius 3 is 2.48 bits per heavy atom. The van der Waals surface area contributed by atoms with E-state index in [1.54, 1.807) is 24.3 Å². The van der Waals surface area contributed by atoms with Crippen LogP contribution in [0.4, 0.5) is 5.69 Å². The monoisotopic (exact) mass is 509 g/mol. The van der Waals surface area contributed by atoms with Gasteiger partial charge in [0.25, 0.3) is 0 Å². The number of nitrogens with zero attached hydrogens (tertiary/aromatic N) is 1. The molecule has 0 saturated heterocycles. The van der Waals surface area contributed by atoms with Crippen LogP contribution in [0.25, 0.3) is 0 Å². The summed E-state index contributed by atoms with van der Waals surface area (Å²) in [6.45, 7) is 2.50. The maximum atomic E-state index is 12.1. The lowest BCUT2D eigenvalue weighted by atomic mass is 10.2. The standard InChI is InChI=1S/C25H24BrN3O4/c1-17-7-9-18(10-8-17)16-33-22-12-11-19(13-20(22)26)15-27-29-25(31)14-24(30)28-21-5-3-4-6-23(21)32-2/h3-13,15H,14,16H2,1-2H3,(H,28,30)(H,29,31). The number of methoxy groups -OCH3 is 1. The minimum Gasteiger partial charge on any atom is -0.495 e. The van der Waals surface area contributed by atoms with Gasteiger partial charge in [0.2, 0.25) is 11.8 Å². The summed E-state index contributed by atoms with van der Waals surface area (Å²) in [5.74, 6) is 0.215. The number of para-hydroxylation sites is 2. The first kappa shape index (κ1) is 24.0. The SMILES string of the molecule is COc1ccccc1NC(=O)CC(=O)NN=Cc1ccc(OCc2ccc(C)cc2)c(Br)c1. The fourth-order valence-corrected chi connectivity index (χ4v) is 3.38. The maximum absolute atomic E-state index is 12.1. The lowest BCUT2D eigenvalue weighted by Gasteiger charge is -2.09. The molecule has 0 aliphatic rings. The lowest BCUT2D eigenvalue weighted by Crippen LogP contribution is -2.24. The van der Waals surface area contributed by atoms with Crippen molar-refractivity contribution in [1.82, 2.24) is 5.43 Å². The quantitative estimate of drug-likeness (QED) is 0.245. The number of amides is 2. The molecule has 0 bridgehead atoms. The number of hydrazone groups is 1. The molecule has 2 amide bonds. The third-order valence-corrected chi connectivity index (χ3v) is 5.20. The zero-order valence-electron chi connectivity index (χ0n) is 18.3. The van der Waals surface area contributed by atoms with Gasteiger partial charge in [-0.25, -0.2) is 5.43 Å². The van der Waals surface area contributed by atoms with Gasteiger partial charge >= 0.3 is 0 Å². The molecule has 3 aromatic rings. The second kappa shape index (κ2) is 11.8. The summed E-state index contributed by atoms with van der Waals surface area (Å²) in [4.78, 5) is 24.1. The third kappa shape index (κ3) is 7.47. The second-order valence-electron chi connectivity index (χ2n) is 7.18. The second-order valence-corrected chi connectivity index (χ2v) is 8.04. The van der Waals surface area contributed by atoms with Gasteiger partial charge in [0.05, 0.1) is 23.5 Å². The number of rotatable bonds is 9. The van der Waals surface area contributed by atoms with Crippen LogP contribution in [0.3, 0.4) is 0 Å². The Balaban J connectivity index is 1.48. The number of halogens is 1. The van der Waals surface area contributed by atoms with E-state index in [-0.39, 0.29) is 6.42 Å². The van der Waals surface area contributed by atoms with E-state index in [1.165, 1.54) is 18.9 Å². The van der Waals surface area contributed by atoms with E-state index in [0.29, 0.717) is 23.8 Å². The number of ether oxygens (including phenoxy) is 2. The summed E-state index contributed by atoms with van der Waals surface area (Å²) in [6, 6.07) is 20.6. The van der Waals surface area contributed by atoms with Crippen LogP contribution in [-0.2, 0) is 16.2 Å². The molecule has 3 aromatic carbocycles. The zero-order chi connectivity index (χ0) is 23.6. The van der Waals surface area contributed by atoms with Crippen LogP contribution < -0.4 is 20.2 Å². The van der Waals surface area contributed by atoms with Crippen molar-refractivity contribution in [2.45, 2.75) is 20.0 Å². The number of hydrogen-bond donors (Lipinski definition) is 2. The molecule has 7 nitrogen and oxygen atoms in total. The highest BCUT2D eigenvalue weighted by Crippen LogP contribution is 2.26. The van der Waals surface area contributed by atoms with Crippen LogP contribution in [-0.4, -0.2) is 25.1 Å². The van der Waals surface area contributed by atoms with Crippen molar-refractivity contribution >= 4 is 39.6 Å². The number of benzene rings is 3.